The summed E-state index contributed by atoms with van der Waals surface area (Å²) in [5, 5.41) is 0. The third-order valence-corrected chi connectivity index (χ3v) is 16.8. The normalized spacial score (nSPS) is 14.4. The fourth-order valence-corrected chi connectivity index (χ4v) is 10.6. The highest BCUT2D eigenvalue weighted by Crippen LogP contribution is 2.38. The van der Waals surface area contributed by atoms with Crippen molar-refractivity contribution in [1.82, 2.24) is 0 Å². The van der Waals surface area contributed by atoms with Crippen molar-refractivity contribution in [1.29, 1.82) is 0 Å². The minimum atomic E-state index is -4.67. The van der Waals surface area contributed by atoms with Crippen LogP contribution in [0.25, 0.3) is 0 Å². The van der Waals surface area contributed by atoms with Gasteiger partial charge in [-0.2, -0.15) is 0 Å². The minimum absolute atomic E-state index is 0.0502. The molecule has 2 atom stereocenters. The van der Waals surface area contributed by atoms with Gasteiger partial charge in [0, 0.05) is 12.8 Å². The Hall–Kier alpha value is -6.19. The van der Waals surface area contributed by atoms with Gasteiger partial charge in [-0.3, -0.25) is 14.2 Å². The van der Waals surface area contributed by atoms with Crippen molar-refractivity contribution < 1.29 is 42.1 Å². The average molecular weight is 1420 g/mol. The zero-order valence-electron chi connectivity index (χ0n) is 64.9. The molecule has 0 aromatic carbocycles. The largest absolute Gasteiger partial charge is 0.756 e. The predicted octanol–water partition coefficient (Wildman–Crippen LogP) is 26.4. The molecular weight excluding hydrogens is 1280 g/mol. The predicted molar refractivity (Wildman–Crippen MR) is 442 cm³/mol. The van der Waals surface area contributed by atoms with Crippen LogP contribution < -0.4 is 4.89 Å². The van der Waals surface area contributed by atoms with E-state index in [0.717, 1.165) is 167 Å². The number of ether oxygens (including phenoxy) is 2. The second kappa shape index (κ2) is 78.9. The molecule has 0 bridgehead atoms. The maximum Gasteiger partial charge on any atom is 0.306 e. The number of unbranched alkanes of at least 4 members (excludes halogenated alkanes) is 16. The summed E-state index contributed by atoms with van der Waals surface area (Å²) in [6, 6.07) is 0. The summed E-state index contributed by atoms with van der Waals surface area (Å²) >= 11 is 0. The lowest BCUT2D eigenvalue weighted by molar-refractivity contribution is -0.870. The van der Waals surface area contributed by atoms with Crippen molar-refractivity contribution >= 4 is 19.8 Å². The molecule has 0 rings (SSSR count). The summed E-state index contributed by atoms with van der Waals surface area (Å²) in [6.45, 7) is 3.95. The first-order valence-corrected chi connectivity index (χ1v) is 41.2. The molecule has 0 spiro atoms. The zero-order valence-corrected chi connectivity index (χ0v) is 65.8. The molecule has 0 aliphatic carbocycles. The number of quaternary nitrogens is 1. The van der Waals surface area contributed by atoms with Crippen molar-refractivity contribution in [3.05, 3.63) is 243 Å². The number of likely N-dealkylation sites (N-methyl/N-ethyl adjacent to an activating group) is 1. The van der Waals surface area contributed by atoms with E-state index >= 15 is 0 Å². The van der Waals surface area contributed by atoms with Gasteiger partial charge in [0.2, 0.25) is 0 Å². The topological polar surface area (TPSA) is 111 Å². The van der Waals surface area contributed by atoms with Crippen LogP contribution in [-0.2, 0) is 32.7 Å². The van der Waals surface area contributed by atoms with E-state index < -0.39 is 32.5 Å². The number of carbonyl (C=O) groups excluding carboxylic acids is 2. The standard InChI is InChI=1S/C92H144NO8P/c1-6-8-10-12-14-16-18-20-22-24-26-28-30-32-34-36-38-40-42-44-45-46-47-49-50-52-54-56-58-60-62-64-66-68-70-72-74-76-78-80-82-84-91(94)98-88-90(89-100-102(96,97)99-87-86-93(3,4)5)101-92(95)85-83-81-79-77-75-73-71-69-67-65-63-61-59-57-55-53-51-48-43-41-39-37-35-33-31-29-27-25-23-21-19-17-15-13-11-9-7-2/h8-11,14-17,20-23,26-29,32-35,38-41,44-45,47-49,51-52,54-55,57,61,63,67,69,73,75,90H,6-7,12-13,18-19,24-25,30-31,36-37,42-43,46,50,53,56,58-60,62,64-66,68,70-72,74,76-89H2,1-5H3/b10-8-,11-9-,16-14-,17-15-,22-20-,23-21-,28-26-,29-27-,34-32-,35-33-,40-38-,41-39-,45-44-,49-47-,51-48-,54-52-,57-55-,63-61-,69-67-,75-73-. The van der Waals surface area contributed by atoms with E-state index in [2.05, 4.69) is 257 Å². The lowest BCUT2D eigenvalue weighted by atomic mass is 10.0. The van der Waals surface area contributed by atoms with Crippen LogP contribution in [0.2, 0.25) is 0 Å². The van der Waals surface area contributed by atoms with E-state index in [1.807, 2.05) is 21.1 Å². The lowest BCUT2D eigenvalue weighted by Gasteiger charge is -2.28. The van der Waals surface area contributed by atoms with Crippen LogP contribution in [0.1, 0.15) is 271 Å². The molecule has 102 heavy (non-hydrogen) atoms. The third-order valence-electron chi connectivity index (χ3n) is 15.9. The van der Waals surface area contributed by atoms with Crippen LogP contribution in [0.3, 0.4) is 0 Å². The Morgan fingerprint density at radius 2 is 0.529 bits per heavy atom. The Kier molecular flexibility index (Phi) is 74.1. The van der Waals surface area contributed by atoms with Gasteiger partial charge in [-0.05, 0) is 167 Å². The smallest absolute Gasteiger partial charge is 0.306 e. The maximum absolute atomic E-state index is 12.9. The fraction of sp³-hybridized carbons (Fsp3) is 0.543. The zero-order chi connectivity index (χ0) is 74.0. The van der Waals surface area contributed by atoms with Crippen LogP contribution in [0.5, 0.6) is 0 Å². The molecule has 0 saturated heterocycles. The Balaban J connectivity index is 4.15. The summed E-state index contributed by atoms with van der Waals surface area (Å²) in [4.78, 5) is 38.2. The molecule has 0 aromatic rings. The first-order chi connectivity index (χ1) is 50.0. The molecule has 0 aromatic heterocycles. The molecule has 0 aliphatic heterocycles. The van der Waals surface area contributed by atoms with Gasteiger partial charge in [-0.15, -0.1) is 0 Å². The van der Waals surface area contributed by atoms with Crippen molar-refractivity contribution in [2.45, 2.75) is 277 Å². The molecule has 0 radical (unpaired) electrons. The molecule has 0 N–H and O–H groups in total. The fourth-order valence-electron chi connectivity index (χ4n) is 9.89. The van der Waals surface area contributed by atoms with Crippen LogP contribution in [0, 0.1) is 0 Å². The SMILES string of the molecule is CC/C=C\C/C=C\C/C=C\C/C=C\C/C=C\C/C=C\C/C=C\C/C=C\C/C=C\C/C=C\C/C=C\CCCCCC(=O)OC(COC(=O)CCCCCCCCCCCCCCC/C=C\C/C=C\C/C=C\C/C=C\C/C=C\C/C=C\C/C=C\C/C=C\C/C=C\CC)COP(=O)([O-])OCC[N+](C)(C)C. The van der Waals surface area contributed by atoms with Gasteiger partial charge in [0.15, 0.2) is 6.10 Å². The molecule has 9 nitrogen and oxygen atoms in total. The Morgan fingerprint density at radius 3 is 0.794 bits per heavy atom. The highest BCUT2D eigenvalue weighted by molar-refractivity contribution is 7.45. The van der Waals surface area contributed by atoms with E-state index in [1.165, 1.54) is 64.2 Å². The third kappa shape index (κ3) is 82.8. The van der Waals surface area contributed by atoms with Crippen LogP contribution in [-0.4, -0.2) is 70.0 Å². The molecular formula is C92H144NO8P. The molecule has 0 fully saturated rings. The van der Waals surface area contributed by atoms with Gasteiger partial charge in [-0.1, -0.05) is 334 Å². The van der Waals surface area contributed by atoms with Gasteiger partial charge < -0.3 is 27.9 Å². The summed E-state index contributed by atoms with van der Waals surface area (Å²) < 4.78 is 34.3. The number of nitrogens with zero attached hydrogens (tertiary/aromatic N) is 1. The van der Waals surface area contributed by atoms with Crippen LogP contribution in [0.4, 0.5) is 0 Å². The van der Waals surface area contributed by atoms with Crippen molar-refractivity contribution in [2.75, 3.05) is 47.5 Å². The number of phosphoric ester groups is 1. The van der Waals surface area contributed by atoms with Crippen molar-refractivity contribution in [2.24, 2.45) is 0 Å². The Morgan fingerprint density at radius 1 is 0.304 bits per heavy atom. The molecule has 0 amide bonds. The quantitative estimate of drug-likeness (QED) is 0.0195. The van der Waals surface area contributed by atoms with E-state index in [-0.39, 0.29) is 26.1 Å². The second-order valence-corrected chi connectivity index (χ2v) is 28.0. The van der Waals surface area contributed by atoms with E-state index in [4.69, 9.17) is 18.5 Å². The second-order valence-electron chi connectivity index (χ2n) is 26.6. The average Bonchev–Trinajstić information content (AvgIpc) is 0.913. The van der Waals surface area contributed by atoms with E-state index in [0.29, 0.717) is 23.9 Å². The highest BCUT2D eigenvalue weighted by Gasteiger charge is 2.22. The van der Waals surface area contributed by atoms with Gasteiger partial charge >= 0.3 is 11.9 Å². The lowest BCUT2D eigenvalue weighted by Crippen LogP contribution is -2.37. The van der Waals surface area contributed by atoms with Gasteiger partial charge in [-0.25, -0.2) is 0 Å². The summed E-state index contributed by atoms with van der Waals surface area (Å²) in [5.41, 5.74) is 0. The number of phosphoric acid groups is 1. The van der Waals surface area contributed by atoms with Gasteiger partial charge in [0.05, 0.1) is 27.7 Å². The Bertz CT molecular complexity index is 2630. The molecule has 0 saturated carbocycles. The van der Waals surface area contributed by atoms with Crippen LogP contribution in [0.15, 0.2) is 243 Å². The summed E-state index contributed by atoms with van der Waals surface area (Å²) in [7, 11) is 1.11. The number of hydrogen-bond donors (Lipinski definition) is 0. The number of carbonyl (C=O) groups is 2. The van der Waals surface area contributed by atoms with Crippen molar-refractivity contribution in [3.8, 4) is 0 Å². The van der Waals surface area contributed by atoms with E-state index in [1.54, 1.807) is 0 Å². The van der Waals surface area contributed by atoms with Gasteiger partial charge in [0.1, 0.15) is 19.8 Å². The number of rotatable bonds is 70. The number of allylic oxidation sites excluding steroid dienone is 40. The van der Waals surface area contributed by atoms with Gasteiger partial charge in [0.25, 0.3) is 7.82 Å². The molecule has 570 valence electrons. The summed E-state index contributed by atoms with van der Waals surface area (Å²) in [5.74, 6) is -0.888. The first-order valence-electron chi connectivity index (χ1n) is 39.7. The number of esters is 2. The maximum atomic E-state index is 12.9. The highest BCUT2D eigenvalue weighted by atomic mass is 31.2. The van der Waals surface area contributed by atoms with Crippen molar-refractivity contribution in [3.63, 3.8) is 0 Å². The first kappa shape index (κ1) is 95.8. The minimum Gasteiger partial charge on any atom is -0.756 e. The monoisotopic (exact) mass is 1420 g/mol. The number of hydrogen-bond acceptors (Lipinski definition) is 8. The molecule has 0 aliphatic rings. The van der Waals surface area contributed by atoms with E-state index in [9.17, 15) is 19.0 Å². The molecule has 0 heterocycles. The Labute approximate surface area is 625 Å². The molecule has 2 unspecified atom stereocenters. The molecule has 10 heteroatoms. The summed E-state index contributed by atoms with van der Waals surface area (Å²) in [6.07, 6.45) is 128. The van der Waals surface area contributed by atoms with Crippen LogP contribution >= 0.6 is 7.82 Å².